The Bertz CT molecular complexity index is 922. The number of hydrogen-bond acceptors (Lipinski definition) is 6. The minimum absolute atomic E-state index is 0.107. The van der Waals surface area contributed by atoms with Crippen molar-refractivity contribution < 1.29 is 4.74 Å². The Hall–Kier alpha value is -2.25. The van der Waals surface area contributed by atoms with E-state index in [0.717, 1.165) is 36.8 Å². The fourth-order valence-electron chi connectivity index (χ4n) is 3.18. The third-order valence-electron chi connectivity index (χ3n) is 4.52. The molecule has 1 saturated heterocycles. The van der Waals surface area contributed by atoms with E-state index in [1.807, 2.05) is 25.1 Å². The zero-order chi connectivity index (χ0) is 17.2. The predicted octanol–water partition coefficient (Wildman–Crippen LogP) is 2.90. The molecule has 1 fully saturated rings. The number of fused-ring (bicyclic) bond motifs is 1. The van der Waals surface area contributed by atoms with Crippen LogP contribution in [0.15, 0.2) is 41.2 Å². The Morgan fingerprint density at radius 3 is 3.00 bits per heavy atom. The summed E-state index contributed by atoms with van der Waals surface area (Å²) in [5.41, 5.74) is 1.88. The van der Waals surface area contributed by atoms with Gasteiger partial charge in [0.2, 0.25) is 10.1 Å². The van der Waals surface area contributed by atoms with Crippen LogP contribution in [0.3, 0.4) is 0 Å². The van der Waals surface area contributed by atoms with Crippen molar-refractivity contribution in [1.29, 1.82) is 0 Å². The summed E-state index contributed by atoms with van der Waals surface area (Å²) in [5.74, 6) is 0.380. The summed E-state index contributed by atoms with van der Waals surface area (Å²) in [6.45, 7) is 3.52. The molecule has 3 heterocycles. The molecule has 4 rings (SSSR count). The Morgan fingerprint density at radius 2 is 2.20 bits per heavy atom. The zero-order valence-electron chi connectivity index (χ0n) is 14.0. The van der Waals surface area contributed by atoms with Gasteiger partial charge in [-0.3, -0.25) is 4.79 Å². The van der Waals surface area contributed by atoms with E-state index < -0.39 is 0 Å². The van der Waals surface area contributed by atoms with Crippen LogP contribution < -0.4 is 10.9 Å². The second-order valence-corrected chi connectivity index (χ2v) is 7.13. The molecule has 1 aliphatic rings. The molecule has 0 amide bonds. The summed E-state index contributed by atoms with van der Waals surface area (Å²) in [7, 11) is 0. The fraction of sp³-hybridized carbons (Fsp3) is 0.389. The van der Waals surface area contributed by atoms with E-state index in [1.54, 1.807) is 6.07 Å². The van der Waals surface area contributed by atoms with Crippen molar-refractivity contribution in [2.75, 3.05) is 18.5 Å². The number of nitrogens with zero attached hydrogens (tertiary/aromatic N) is 3. The molecule has 1 N–H and O–H groups in total. The third-order valence-corrected chi connectivity index (χ3v) is 5.38. The van der Waals surface area contributed by atoms with Gasteiger partial charge >= 0.3 is 0 Å². The molecular formula is C18H20N4O2S. The second-order valence-electron chi connectivity index (χ2n) is 6.17. The molecule has 0 unspecified atom stereocenters. The average molecular weight is 356 g/mol. The number of benzene rings is 1. The van der Waals surface area contributed by atoms with E-state index in [0.29, 0.717) is 10.9 Å². The van der Waals surface area contributed by atoms with E-state index in [9.17, 15) is 4.79 Å². The molecule has 1 aromatic carbocycles. The molecule has 0 spiro atoms. The fourth-order valence-corrected chi connectivity index (χ4v) is 4.01. The Morgan fingerprint density at radius 1 is 1.36 bits per heavy atom. The van der Waals surface area contributed by atoms with E-state index >= 15 is 0 Å². The molecule has 2 atom stereocenters. The lowest BCUT2D eigenvalue weighted by molar-refractivity contribution is 0.0933. The predicted molar refractivity (Wildman–Crippen MR) is 98.2 cm³/mol. The lowest BCUT2D eigenvalue weighted by atomic mass is 9.95. The number of ether oxygens (including phenoxy) is 1. The lowest BCUT2D eigenvalue weighted by Gasteiger charge is -2.18. The summed E-state index contributed by atoms with van der Waals surface area (Å²) in [6, 6.07) is 11.9. The highest BCUT2D eigenvalue weighted by molar-refractivity contribution is 7.20. The smallest absolute Gasteiger partial charge is 0.275 e. The van der Waals surface area contributed by atoms with E-state index in [-0.39, 0.29) is 11.7 Å². The van der Waals surface area contributed by atoms with Crippen LogP contribution >= 0.6 is 11.3 Å². The molecule has 25 heavy (non-hydrogen) atoms. The number of aromatic nitrogens is 3. The highest BCUT2D eigenvalue weighted by atomic mass is 32.1. The van der Waals surface area contributed by atoms with Gasteiger partial charge in [-0.05, 0) is 18.4 Å². The van der Waals surface area contributed by atoms with Gasteiger partial charge in [-0.15, -0.1) is 5.10 Å². The topological polar surface area (TPSA) is 68.5 Å². The van der Waals surface area contributed by atoms with E-state index in [1.165, 1.54) is 21.4 Å². The second kappa shape index (κ2) is 6.93. The summed E-state index contributed by atoms with van der Waals surface area (Å²) in [4.78, 5) is 17.2. The van der Waals surface area contributed by atoms with Gasteiger partial charge in [0, 0.05) is 30.8 Å². The van der Waals surface area contributed by atoms with Gasteiger partial charge in [0.05, 0.1) is 6.10 Å². The van der Waals surface area contributed by atoms with Crippen LogP contribution in [0.25, 0.3) is 4.96 Å². The lowest BCUT2D eigenvalue weighted by Crippen LogP contribution is -2.18. The minimum Gasteiger partial charge on any atom is -0.373 e. The van der Waals surface area contributed by atoms with Gasteiger partial charge in [-0.25, -0.2) is 4.98 Å². The van der Waals surface area contributed by atoms with Crippen molar-refractivity contribution in [2.24, 2.45) is 5.92 Å². The van der Waals surface area contributed by atoms with E-state index in [2.05, 4.69) is 27.5 Å². The number of rotatable bonds is 5. The molecular weight excluding hydrogens is 336 g/mol. The number of hydrogen-bond donors (Lipinski definition) is 1. The standard InChI is InChI=1S/C18H20N4O2S/c1-2-14-10-15(23)22-18(20-14)25-17(21-22)19-11-13-8-9-24-16(13)12-6-4-3-5-7-12/h3-7,10,13,16H,2,8-9,11H2,1H3,(H,19,21)/t13-,16-/m1/s1. The SMILES string of the molecule is CCc1cc(=O)n2nc(NC[C@H]3CCO[C@@H]3c3ccccc3)sc2n1. The number of anilines is 1. The maximum absolute atomic E-state index is 12.1. The van der Waals surface area contributed by atoms with Crippen molar-refractivity contribution in [3.8, 4) is 0 Å². The molecule has 130 valence electrons. The zero-order valence-corrected chi connectivity index (χ0v) is 14.8. The first-order valence-corrected chi connectivity index (χ1v) is 9.36. The van der Waals surface area contributed by atoms with Crippen molar-refractivity contribution in [3.05, 3.63) is 58.0 Å². The van der Waals surface area contributed by atoms with Gasteiger partial charge in [-0.1, -0.05) is 48.6 Å². The van der Waals surface area contributed by atoms with Crippen molar-refractivity contribution in [3.63, 3.8) is 0 Å². The van der Waals surface area contributed by atoms with Crippen LogP contribution in [0.5, 0.6) is 0 Å². The van der Waals surface area contributed by atoms with Crippen LogP contribution in [0.2, 0.25) is 0 Å². The van der Waals surface area contributed by atoms with Crippen LogP contribution in [-0.2, 0) is 11.2 Å². The minimum atomic E-state index is -0.127. The van der Waals surface area contributed by atoms with Gasteiger partial charge in [0.1, 0.15) is 0 Å². The molecule has 1 aliphatic heterocycles. The first kappa shape index (κ1) is 16.2. The van der Waals surface area contributed by atoms with Gasteiger partial charge in [0.25, 0.3) is 5.56 Å². The monoisotopic (exact) mass is 356 g/mol. The molecule has 0 bridgehead atoms. The van der Waals surface area contributed by atoms with Crippen molar-refractivity contribution in [1.82, 2.24) is 14.6 Å². The molecule has 0 radical (unpaired) electrons. The van der Waals surface area contributed by atoms with Crippen LogP contribution in [0, 0.1) is 5.92 Å². The highest BCUT2D eigenvalue weighted by Gasteiger charge is 2.29. The summed E-state index contributed by atoms with van der Waals surface area (Å²) < 4.78 is 7.29. The summed E-state index contributed by atoms with van der Waals surface area (Å²) in [5, 5.41) is 8.44. The number of aryl methyl sites for hydroxylation is 1. The van der Waals surface area contributed by atoms with Crippen molar-refractivity contribution >= 4 is 21.4 Å². The van der Waals surface area contributed by atoms with Crippen LogP contribution in [-0.4, -0.2) is 27.7 Å². The normalized spacial score (nSPS) is 20.2. The van der Waals surface area contributed by atoms with Crippen LogP contribution in [0.4, 0.5) is 5.13 Å². The summed E-state index contributed by atoms with van der Waals surface area (Å²) in [6.07, 6.45) is 1.86. The molecule has 2 aromatic heterocycles. The molecule has 3 aromatic rings. The van der Waals surface area contributed by atoms with Gasteiger partial charge in [0.15, 0.2) is 0 Å². The Labute approximate surface area is 149 Å². The number of nitrogens with one attached hydrogen (secondary N) is 1. The summed E-state index contributed by atoms with van der Waals surface area (Å²) >= 11 is 1.41. The maximum Gasteiger partial charge on any atom is 0.275 e. The van der Waals surface area contributed by atoms with E-state index in [4.69, 9.17) is 4.74 Å². The van der Waals surface area contributed by atoms with Crippen LogP contribution in [0.1, 0.15) is 30.7 Å². The molecule has 7 heteroatoms. The van der Waals surface area contributed by atoms with Crippen molar-refractivity contribution in [2.45, 2.75) is 25.9 Å². The van der Waals surface area contributed by atoms with Gasteiger partial charge < -0.3 is 10.1 Å². The quantitative estimate of drug-likeness (QED) is 0.761. The Balaban J connectivity index is 1.50. The first-order chi connectivity index (χ1) is 12.2. The first-order valence-electron chi connectivity index (χ1n) is 8.55. The van der Waals surface area contributed by atoms with Gasteiger partial charge in [-0.2, -0.15) is 4.52 Å². The molecule has 0 saturated carbocycles. The Kier molecular flexibility index (Phi) is 4.50. The maximum atomic E-state index is 12.1. The third kappa shape index (κ3) is 3.29. The molecule has 6 nitrogen and oxygen atoms in total. The largest absolute Gasteiger partial charge is 0.373 e. The molecule has 0 aliphatic carbocycles. The average Bonchev–Trinajstić information content (AvgIpc) is 3.27. The highest BCUT2D eigenvalue weighted by Crippen LogP contribution is 2.34.